The van der Waals surface area contributed by atoms with Crippen molar-refractivity contribution < 1.29 is 4.79 Å². The van der Waals surface area contributed by atoms with Crippen molar-refractivity contribution in [2.75, 3.05) is 13.1 Å². The van der Waals surface area contributed by atoms with E-state index in [9.17, 15) is 4.79 Å². The zero-order valence-electron chi connectivity index (χ0n) is 19.8. The summed E-state index contributed by atoms with van der Waals surface area (Å²) in [4.78, 5) is 22.9. The number of halogens is 1. The number of nitrogens with zero attached hydrogens (tertiary/aromatic N) is 3. The first-order chi connectivity index (χ1) is 16.0. The summed E-state index contributed by atoms with van der Waals surface area (Å²) in [5.74, 6) is 2.65. The first-order valence-electron chi connectivity index (χ1n) is 12.2. The van der Waals surface area contributed by atoms with Gasteiger partial charge < -0.3 is 21.3 Å². The number of hydrogen-bond donors (Lipinski definition) is 3. The number of amides is 1. The molecule has 2 fully saturated rings. The maximum Gasteiger partial charge on any atom is 0.222 e. The lowest BCUT2D eigenvalue weighted by atomic mass is 9.93. The van der Waals surface area contributed by atoms with Crippen LogP contribution in [0.2, 0.25) is 0 Å². The average Bonchev–Trinajstić information content (AvgIpc) is 3.67. The molecule has 2 unspecified atom stereocenters. The zero-order chi connectivity index (χ0) is 23.6. The van der Waals surface area contributed by atoms with E-state index < -0.39 is 0 Å². The average molecular weight is 520 g/mol. The van der Waals surface area contributed by atoms with Crippen molar-refractivity contribution in [2.45, 2.75) is 75.4 Å². The molecule has 1 saturated carbocycles. The van der Waals surface area contributed by atoms with Crippen molar-refractivity contribution in [1.29, 1.82) is 0 Å². The first-order valence-corrected chi connectivity index (χ1v) is 13.1. The van der Waals surface area contributed by atoms with Crippen LogP contribution in [0, 0.1) is 11.8 Å². The van der Waals surface area contributed by atoms with Crippen LogP contribution in [0.3, 0.4) is 0 Å². The number of pyridine rings is 1. The van der Waals surface area contributed by atoms with E-state index in [1.54, 1.807) is 6.20 Å². The van der Waals surface area contributed by atoms with Crippen LogP contribution in [0.25, 0.3) is 0 Å². The molecule has 8 heteroatoms. The Morgan fingerprint density at radius 1 is 1.36 bits per heavy atom. The number of aromatic nitrogens is 1. The second-order valence-electron chi connectivity index (χ2n) is 9.45. The number of piperidine rings is 1. The largest absolute Gasteiger partial charge is 0.368 e. The maximum absolute atomic E-state index is 12.5. The van der Waals surface area contributed by atoms with Gasteiger partial charge in [-0.2, -0.15) is 0 Å². The number of aliphatic imine (C=N–C) groups is 1. The lowest BCUT2D eigenvalue weighted by molar-refractivity contribution is -0.132. The number of carbonyl (C=O) groups excluding carboxylic acids is 1. The highest BCUT2D eigenvalue weighted by Crippen LogP contribution is 2.34. The Balaban J connectivity index is 1.53. The third-order valence-corrected chi connectivity index (χ3v) is 7.93. The van der Waals surface area contributed by atoms with E-state index in [-0.39, 0.29) is 17.0 Å². The molecule has 7 nitrogen and oxygen atoms in total. The third-order valence-electron chi connectivity index (χ3n) is 6.60. The van der Waals surface area contributed by atoms with Gasteiger partial charge in [0.1, 0.15) is 6.17 Å². The number of alkyl halides is 1. The third kappa shape index (κ3) is 8.74. The van der Waals surface area contributed by atoms with Crippen molar-refractivity contribution in [3.05, 3.63) is 42.0 Å². The number of nitrogens with two attached hydrogens (primary N) is 1. The summed E-state index contributed by atoms with van der Waals surface area (Å²) in [6, 6.07) is 3.91. The summed E-state index contributed by atoms with van der Waals surface area (Å²) in [5, 5.41) is 6.95. The minimum absolute atomic E-state index is 0.0384. The van der Waals surface area contributed by atoms with Gasteiger partial charge in [-0.1, -0.05) is 34.8 Å². The fraction of sp³-hybridized carbons (Fsp3) is 0.640. The van der Waals surface area contributed by atoms with Crippen molar-refractivity contribution in [1.82, 2.24) is 20.5 Å². The van der Waals surface area contributed by atoms with E-state index >= 15 is 0 Å². The Kier molecular flexibility index (Phi) is 10.2. The van der Waals surface area contributed by atoms with Crippen LogP contribution in [0.1, 0.15) is 57.4 Å². The summed E-state index contributed by atoms with van der Waals surface area (Å²) < 4.78 is 0. The molecule has 1 aliphatic carbocycles. The predicted octanol–water partition coefficient (Wildman–Crippen LogP) is 3.56. The Bertz CT molecular complexity index is 774. The molecule has 1 amide bonds. The first kappa shape index (κ1) is 25.7. The zero-order valence-corrected chi connectivity index (χ0v) is 21.3. The fourth-order valence-electron chi connectivity index (χ4n) is 4.15. The van der Waals surface area contributed by atoms with Gasteiger partial charge in [0.15, 0.2) is 0 Å². The number of allylic oxidation sites excluding steroid dienone is 1. The molecule has 2 aliphatic rings. The van der Waals surface area contributed by atoms with Crippen LogP contribution < -0.4 is 16.4 Å². The molecule has 1 aromatic rings. The van der Waals surface area contributed by atoms with Gasteiger partial charge in [0.05, 0.1) is 10.6 Å². The molecule has 3 atom stereocenters. The summed E-state index contributed by atoms with van der Waals surface area (Å²) >= 11 is 3.64. The summed E-state index contributed by atoms with van der Waals surface area (Å²) in [7, 11) is 0. The molecule has 0 aromatic carbocycles. The van der Waals surface area contributed by atoms with E-state index in [0.717, 1.165) is 62.5 Å². The van der Waals surface area contributed by atoms with Crippen LogP contribution in [0.15, 0.2) is 41.4 Å². The van der Waals surface area contributed by atoms with Gasteiger partial charge >= 0.3 is 0 Å². The Morgan fingerprint density at radius 2 is 2.12 bits per heavy atom. The Morgan fingerprint density at radius 3 is 2.73 bits per heavy atom. The molecular weight excluding hydrogens is 480 g/mol. The molecule has 1 aromatic heterocycles. The molecule has 182 valence electrons. The second-order valence-corrected chi connectivity index (χ2v) is 10.5. The number of likely N-dealkylation sites (tertiary alicyclic amines) is 1. The van der Waals surface area contributed by atoms with Gasteiger partial charge in [-0.05, 0) is 68.9 Å². The monoisotopic (exact) mass is 518 g/mol. The molecule has 3 rings (SSSR count). The van der Waals surface area contributed by atoms with Crippen molar-refractivity contribution in [3.63, 3.8) is 0 Å². The van der Waals surface area contributed by atoms with Crippen molar-refractivity contribution in [2.24, 2.45) is 22.6 Å². The van der Waals surface area contributed by atoms with Crippen LogP contribution in [0.4, 0.5) is 0 Å². The van der Waals surface area contributed by atoms with Crippen LogP contribution in [0.5, 0.6) is 0 Å². The maximum atomic E-state index is 12.5. The molecule has 0 radical (unpaired) electrons. The fourth-order valence-corrected chi connectivity index (χ4v) is 4.45. The Hall–Kier alpha value is -1.93. The number of rotatable bonds is 13. The minimum Gasteiger partial charge on any atom is -0.368 e. The normalized spacial score (nSPS) is 20.1. The quantitative estimate of drug-likeness (QED) is 0.274. The van der Waals surface area contributed by atoms with Crippen molar-refractivity contribution in [3.8, 4) is 0 Å². The highest BCUT2D eigenvalue weighted by molar-refractivity contribution is 9.09. The molecule has 33 heavy (non-hydrogen) atoms. The lowest BCUT2D eigenvalue weighted by Crippen LogP contribution is -2.45. The summed E-state index contributed by atoms with van der Waals surface area (Å²) in [6.07, 6.45) is 13.1. The van der Waals surface area contributed by atoms with E-state index in [1.807, 2.05) is 25.3 Å². The molecule has 2 heterocycles. The summed E-state index contributed by atoms with van der Waals surface area (Å²) in [5.41, 5.74) is 7.17. The highest BCUT2D eigenvalue weighted by Gasteiger charge is 2.26. The second kappa shape index (κ2) is 13.1. The van der Waals surface area contributed by atoms with Gasteiger partial charge in [-0.15, -0.1) is 0 Å². The number of carbonyl (C=O) groups is 1. The number of hydrogen-bond acceptors (Lipinski definition) is 6. The minimum atomic E-state index is -0.247. The molecule has 1 aliphatic heterocycles. The van der Waals surface area contributed by atoms with E-state index in [2.05, 4.69) is 54.2 Å². The molecular formula is C25H39BrN6O. The van der Waals surface area contributed by atoms with Gasteiger partial charge in [-0.3, -0.25) is 14.8 Å². The molecule has 0 bridgehead atoms. The highest BCUT2D eigenvalue weighted by atomic mass is 79.9. The van der Waals surface area contributed by atoms with Gasteiger partial charge in [0.25, 0.3) is 0 Å². The summed E-state index contributed by atoms with van der Waals surface area (Å²) in [6.45, 7) is 8.10. The van der Waals surface area contributed by atoms with E-state index in [1.165, 1.54) is 12.8 Å². The smallest absolute Gasteiger partial charge is 0.222 e. The van der Waals surface area contributed by atoms with Crippen molar-refractivity contribution >= 4 is 28.6 Å². The van der Waals surface area contributed by atoms with Crippen LogP contribution >= 0.6 is 15.9 Å². The van der Waals surface area contributed by atoms with Crippen LogP contribution in [-0.4, -0.2) is 52.6 Å². The SMILES string of the molecule is C=NC(N/C(=C\CC1CCN(C(=O)CCC2CC2)CC1)NCc1cccnc1)C(Br)[C@@H](C)N. The van der Waals surface area contributed by atoms with Gasteiger partial charge in [0.2, 0.25) is 5.91 Å². The van der Waals surface area contributed by atoms with E-state index in [4.69, 9.17) is 5.73 Å². The van der Waals surface area contributed by atoms with Crippen LogP contribution in [-0.2, 0) is 11.3 Å². The predicted molar refractivity (Wildman–Crippen MR) is 138 cm³/mol. The van der Waals surface area contributed by atoms with Gasteiger partial charge in [0, 0.05) is 44.5 Å². The van der Waals surface area contributed by atoms with E-state index in [0.29, 0.717) is 18.4 Å². The topological polar surface area (TPSA) is 95.6 Å². The standard InChI is InChI=1S/C25H39BrN6O/c1-18(27)24(26)25(28-2)31-22(30-17-21-4-3-13-29-16-21)9-7-20-11-14-32(15-12-20)23(33)10-8-19-5-6-19/h3-4,9,13,16,18-20,24-25,30-31H,2,5-8,10-12,14-15,17,27H2,1H3/b22-9-/t18-,24?,25?/m1/s1. The Labute approximate surface area is 206 Å². The van der Waals surface area contributed by atoms with Gasteiger partial charge in [-0.25, -0.2) is 0 Å². The molecule has 4 N–H and O–H groups in total. The molecule has 1 saturated heterocycles. The molecule has 0 spiro atoms. The lowest BCUT2D eigenvalue weighted by Gasteiger charge is -2.32. The number of nitrogens with one attached hydrogen (secondary N) is 2.